The Bertz CT molecular complexity index is 1760. The first kappa shape index (κ1) is 38.1. The average Bonchev–Trinajstić information content (AvgIpc) is 3.10. The highest BCUT2D eigenvalue weighted by molar-refractivity contribution is 5.88. The third kappa shape index (κ3) is 7.16. The molecule has 2 aromatic carbocycles. The Labute approximate surface area is 293 Å². The number of hydrogen-bond donors (Lipinski definition) is 11. The van der Waals surface area contributed by atoms with E-state index in [1.54, 1.807) is 0 Å². The highest BCUT2D eigenvalue weighted by Gasteiger charge is 2.52. The van der Waals surface area contributed by atoms with Gasteiger partial charge in [0.2, 0.25) is 17.5 Å². The lowest BCUT2D eigenvalue weighted by molar-refractivity contribution is -0.360. The number of aliphatic hydroxyl groups excluding tert-OH is 8. The van der Waals surface area contributed by atoms with E-state index in [1.165, 1.54) is 38.1 Å². The number of fused-ring (bicyclic) bond motifs is 1. The highest BCUT2D eigenvalue weighted by Crippen LogP contribution is 2.38. The highest BCUT2D eigenvalue weighted by atomic mass is 16.8. The Morgan fingerprint density at radius 1 is 0.654 bits per heavy atom. The minimum absolute atomic E-state index is 0.138. The fraction of sp³-hybridized carbons (Fsp3) is 0.545. The fourth-order valence-corrected chi connectivity index (χ4v) is 6.20. The molecule has 0 bridgehead atoms. The molecule has 3 unspecified atom stereocenters. The molecule has 0 saturated carbocycles. The van der Waals surface area contributed by atoms with E-state index in [4.69, 9.17) is 32.8 Å². The maximum absolute atomic E-state index is 14.0. The number of phenols is 3. The number of aliphatic hydroxyl groups is 8. The first-order valence-corrected chi connectivity index (χ1v) is 16.2. The van der Waals surface area contributed by atoms with Crippen LogP contribution in [0.25, 0.3) is 22.3 Å². The molecule has 3 fully saturated rings. The molecule has 3 aromatic rings. The molecule has 52 heavy (non-hydrogen) atoms. The van der Waals surface area contributed by atoms with Crippen LogP contribution in [0.5, 0.6) is 23.0 Å². The molecule has 286 valence electrons. The second kappa shape index (κ2) is 15.0. The number of aromatic hydroxyl groups is 3. The van der Waals surface area contributed by atoms with E-state index in [0.717, 1.165) is 12.1 Å². The van der Waals surface area contributed by atoms with Crippen molar-refractivity contribution in [3.63, 3.8) is 0 Å². The number of ether oxygens (including phenoxy) is 6. The predicted molar refractivity (Wildman–Crippen MR) is 170 cm³/mol. The lowest BCUT2D eigenvalue weighted by atomic mass is 9.97. The number of rotatable bonds is 8. The molecule has 4 heterocycles. The normalized spacial score (nSPS) is 38.3. The zero-order valence-electron chi connectivity index (χ0n) is 27.5. The summed E-state index contributed by atoms with van der Waals surface area (Å²) in [5.41, 5.74) is -1.15. The molecule has 3 aliphatic heterocycles. The van der Waals surface area contributed by atoms with Crippen LogP contribution in [0.15, 0.2) is 45.6 Å². The summed E-state index contributed by atoms with van der Waals surface area (Å²) in [5, 5.41) is 115. The quantitative estimate of drug-likeness (QED) is 0.113. The Morgan fingerprint density at radius 2 is 1.25 bits per heavy atom. The molecule has 19 nitrogen and oxygen atoms in total. The molecular formula is C33H40O19. The SMILES string of the molecule is C[C@@H]1OC(O[C@@H]2C(Oc3c(-c4ccc(O)cc4)oc4cc(O)cc(O)c4c3=O)O[C@@H](CO[C@H]3O[C@@H](C)[C@H](O)C(O)[C@@H]3O)[C@H](O)[C@H]2O)[C@@H](O)[C@H](O)[C@H]1O. The summed E-state index contributed by atoms with van der Waals surface area (Å²) in [6.07, 6.45) is -24.7. The van der Waals surface area contributed by atoms with Gasteiger partial charge in [0, 0.05) is 17.7 Å². The van der Waals surface area contributed by atoms with Crippen molar-refractivity contribution in [2.24, 2.45) is 0 Å². The molecule has 11 N–H and O–H groups in total. The largest absolute Gasteiger partial charge is 0.508 e. The second-order valence-electron chi connectivity index (χ2n) is 12.9. The van der Waals surface area contributed by atoms with Crippen LogP contribution in [-0.4, -0.2) is 155 Å². The number of benzene rings is 2. The van der Waals surface area contributed by atoms with E-state index < -0.39 is 127 Å². The van der Waals surface area contributed by atoms with Crippen molar-refractivity contribution in [1.82, 2.24) is 0 Å². The zero-order chi connectivity index (χ0) is 37.8. The van der Waals surface area contributed by atoms with E-state index in [2.05, 4.69) is 0 Å². The fourth-order valence-electron chi connectivity index (χ4n) is 6.20. The summed E-state index contributed by atoms with van der Waals surface area (Å²) in [5.74, 6) is -2.27. The van der Waals surface area contributed by atoms with Gasteiger partial charge < -0.3 is 89.0 Å². The first-order valence-electron chi connectivity index (χ1n) is 16.2. The van der Waals surface area contributed by atoms with E-state index >= 15 is 0 Å². The van der Waals surface area contributed by atoms with E-state index in [1.807, 2.05) is 0 Å². The molecule has 19 heteroatoms. The van der Waals surface area contributed by atoms with Gasteiger partial charge in [0.1, 0.15) is 83.2 Å². The third-order valence-electron chi connectivity index (χ3n) is 9.26. The molecule has 6 rings (SSSR count). The van der Waals surface area contributed by atoms with Gasteiger partial charge in [-0.3, -0.25) is 4.79 Å². The van der Waals surface area contributed by atoms with E-state index in [-0.39, 0.29) is 22.7 Å². The minimum atomic E-state index is -2.00. The smallest absolute Gasteiger partial charge is 0.239 e. The van der Waals surface area contributed by atoms with Gasteiger partial charge in [-0.2, -0.15) is 0 Å². The number of hydrogen-bond acceptors (Lipinski definition) is 19. The molecule has 0 spiro atoms. The summed E-state index contributed by atoms with van der Waals surface area (Å²) >= 11 is 0. The van der Waals surface area contributed by atoms with Gasteiger partial charge in [-0.15, -0.1) is 0 Å². The molecule has 15 atom stereocenters. The van der Waals surface area contributed by atoms with Crippen LogP contribution < -0.4 is 10.2 Å². The zero-order valence-corrected chi connectivity index (χ0v) is 27.5. The Balaban J connectivity index is 1.38. The van der Waals surface area contributed by atoms with Crippen molar-refractivity contribution in [3.8, 4) is 34.3 Å². The summed E-state index contributed by atoms with van der Waals surface area (Å²) in [7, 11) is 0. The summed E-state index contributed by atoms with van der Waals surface area (Å²) in [4.78, 5) is 14.0. The first-order chi connectivity index (χ1) is 24.6. The predicted octanol–water partition coefficient (Wildman–Crippen LogP) is -2.54. The Kier molecular flexibility index (Phi) is 11.0. The van der Waals surface area contributed by atoms with Crippen LogP contribution in [0, 0.1) is 0 Å². The van der Waals surface area contributed by atoms with Crippen molar-refractivity contribution in [2.75, 3.05) is 6.61 Å². The lowest BCUT2D eigenvalue weighted by Gasteiger charge is -2.46. The third-order valence-corrected chi connectivity index (χ3v) is 9.26. The van der Waals surface area contributed by atoms with Crippen molar-refractivity contribution in [1.29, 1.82) is 0 Å². The molecule has 3 saturated heterocycles. The molecule has 0 radical (unpaired) electrons. The minimum Gasteiger partial charge on any atom is -0.508 e. The monoisotopic (exact) mass is 740 g/mol. The van der Waals surface area contributed by atoms with Crippen LogP contribution in [0.3, 0.4) is 0 Å². The van der Waals surface area contributed by atoms with Gasteiger partial charge in [0.05, 0.1) is 18.8 Å². The van der Waals surface area contributed by atoms with Crippen molar-refractivity contribution >= 4 is 11.0 Å². The maximum Gasteiger partial charge on any atom is 0.239 e. The van der Waals surface area contributed by atoms with Crippen LogP contribution in [0.1, 0.15) is 13.8 Å². The van der Waals surface area contributed by atoms with E-state index in [9.17, 15) is 61.0 Å². The van der Waals surface area contributed by atoms with Crippen molar-refractivity contribution in [2.45, 2.75) is 106 Å². The van der Waals surface area contributed by atoms with E-state index in [0.29, 0.717) is 0 Å². The second-order valence-corrected chi connectivity index (χ2v) is 12.9. The van der Waals surface area contributed by atoms with Crippen LogP contribution >= 0.6 is 0 Å². The summed E-state index contributed by atoms with van der Waals surface area (Å²) in [6.45, 7) is 2.12. The van der Waals surface area contributed by atoms with Gasteiger partial charge >= 0.3 is 0 Å². The summed E-state index contributed by atoms with van der Waals surface area (Å²) in [6, 6.07) is 7.16. The van der Waals surface area contributed by atoms with Gasteiger partial charge in [-0.25, -0.2) is 0 Å². The molecule has 0 aliphatic carbocycles. The molecule has 0 amide bonds. The van der Waals surface area contributed by atoms with Gasteiger partial charge in [0.25, 0.3) is 0 Å². The van der Waals surface area contributed by atoms with Crippen molar-refractivity contribution < 1.29 is 89.0 Å². The standard InChI is InChI=1S/C33H40O19/c1-10-19(37)23(41)26(44)31(47-10)46-9-17-21(39)25(43)30(52-32-27(45)24(42)20(38)11(2)48-32)33(50-17)51-29-22(40)18-15(36)7-14(35)8-16(18)49-28(29)12-3-5-13(34)6-4-12/h3-8,10-11,17,19-21,23-27,30-39,41-45H,9H2,1-2H3/t10-,11-,17-,19-,20-,21-,23?,24+,25+,26-,27-,30-,31-,32?,33?/m0/s1. The molecule has 1 aromatic heterocycles. The average molecular weight is 741 g/mol. The molecule has 3 aliphatic rings. The number of phenolic OH excluding ortho intramolecular Hbond substituents is 3. The van der Waals surface area contributed by atoms with Gasteiger partial charge in [-0.1, -0.05) is 0 Å². The molecular weight excluding hydrogens is 700 g/mol. The maximum atomic E-state index is 14.0. The van der Waals surface area contributed by atoms with Crippen LogP contribution in [-0.2, 0) is 23.7 Å². The Morgan fingerprint density at radius 3 is 1.88 bits per heavy atom. The van der Waals surface area contributed by atoms with Crippen molar-refractivity contribution in [3.05, 3.63) is 46.6 Å². The lowest BCUT2D eigenvalue weighted by Crippen LogP contribution is -2.65. The van der Waals surface area contributed by atoms with Crippen LogP contribution in [0.2, 0.25) is 0 Å². The topological polar surface area (TPSA) is 308 Å². The van der Waals surface area contributed by atoms with Crippen LogP contribution in [0.4, 0.5) is 0 Å². The van der Waals surface area contributed by atoms with Gasteiger partial charge in [-0.05, 0) is 38.1 Å². The van der Waals surface area contributed by atoms with Gasteiger partial charge in [0.15, 0.2) is 24.4 Å². The Hall–Kier alpha value is -3.67. The summed E-state index contributed by atoms with van der Waals surface area (Å²) < 4.78 is 40.3.